The van der Waals surface area contributed by atoms with Crippen molar-refractivity contribution in [1.82, 2.24) is 5.32 Å². The Morgan fingerprint density at radius 3 is 2.85 bits per heavy atom. The molecule has 0 radical (unpaired) electrons. The molecule has 3 rings (SSSR count). The summed E-state index contributed by atoms with van der Waals surface area (Å²) >= 11 is 0. The number of hydrogen-bond acceptors (Lipinski definition) is 1. The van der Waals surface area contributed by atoms with Crippen LogP contribution in [0.5, 0.6) is 0 Å². The first-order valence-electron chi connectivity index (χ1n) is 7.19. The molecule has 0 bridgehead atoms. The van der Waals surface area contributed by atoms with Crippen molar-refractivity contribution in [2.75, 3.05) is 0 Å². The third-order valence-corrected chi connectivity index (χ3v) is 3.96. The van der Waals surface area contributed by atoms with Gasteiger partial charge in [0.05, 0.1) is 6.04 Å². The molecule has 1 amide bonds. The molecule has 20 heavy (non-hydrogen) atoms. The standard InChI is InChI=1S/C18H19NO/c1-13-6-4-9-15(12-13)18(20)19-17-11-5-8-14-7-2-3-10-16(14)17/h2-4,6-7,9-10,12,17H,5,8,11H2,1H3,(H,19,20)/t17-/m0/s1. The Kier molecular flexibility index (Phi) is 3.55. The number of nitrogens with one attached hydrogen (secondary N) is 1. The van der Waals surface area contributed by atoms with Crippen LogP contribution in [0.2, 0.25) is 0 Å². The number of carbonyl (C=O) groups excluding carboxylic acids is 1. The fraction of sp³-hybridized carbons (Fsp3) is 0.278. The Balaban J connectivity index is 1.81. The summed E-state index contributed by atoms with van der Waals surface area (Å²) in [6.45, 7) is 2.01. The van der Waals surface area contributed by atoms with Crippen molar-refractivity contribution >= 4 is 5.91 Å². The Hall–Kier alpha value is -2.09. The third kappa shape index (κ3) is 2.60. The first-order valence-corrected chi connectivity index (χ1v) is 7.19. The van der Waals surface area contributed by atoms with Crippen molar-refractivity contribution in [3.8, 4) is 0 Å². The van der Waals surface area contributed by atoms with Gasteiger partial charge in [0.15, 0.2) is 0 Å². The van der Waals surface area contributed by atoms with Crippen molar-refractivity contribution in [2.45, 2.75) is 32.2 Å². The van der Waals surface area contributed by atoms with Crippen LogP contribution in [-0.2, 0) is 6.42 Å². The van der Waals surface area contributed by atoms with Crippen LogP contribution in [0.3, 0.4) is 0 Å². The minimum Gasteiger partial charge on any atom is -0.345 e. The summed E-state index contributed by atoms with van der Waals surface area (Å²) in [4.78, 5) is 12.4. The van der Waals surface area contributed by atoms with Crippen LogP contribution < -0.4 is 5.32 Å². The summed E-state index contributed by atoms with van der Waals surface area (Å²) in [6, 6.07) is 16.3. The highest BCUT2D eigenvalue weighted by molar-refractivity contribution is 5.94. The number of rotatable bonds is 2. The molecule has 0 aromatic heterocycles. The lowest BCUT2D eigenvalue weighted by Gasteiger charge is -2.26. The van der Waals surface area contributed by atoms with Crippen LogP contribution >= 0.6 is 0 Å². The zero-order valence-electron chi connectivity index (χ0n) is 11.7. The van der Waals surface area contributed by atoms with E-state index < -0.39 is 0 Å². The first kappa shape index (κ1) is 12.9. The van der Waals surface area contributed by atoms with Crippen LogP contribution in [0.1, 0.15) is 45.9 Å². The van der Waals surface area contributed by atoms with E-state index in [4.69, 9.17) is 0 Å². The van der Waals surface area contributed by atoms with E-state index in [0.29, 0.717) is 0 Å². The van der Waals surface area contributed by atoms with Gasteiger partial charge in [0.1, 0.15) is 0 Å². The highest BCUT2D eigenvalue weighted by Crippen LogP contribution is 2.29. The van der Waals surface area contributed by atoms with Gasteiger partial charge in [0.25, 0.3) is 5.91 Å². The van der Waals surface area contributed by atoms with Gasteiger partial charge in [-0.05, 0) is 49.4 Å². The van der Waals surface area contributed by atoms with E-state index in [2.05, 4.69) is 29.6 Å². The van der Waals surface area contributed by atoms with Crippen molar-refractivity contribution in [3.63, 3.8) is 0 Å². The molecule has 0 saturated heterocycles. The number of hydrogen-bond donors (Lipinski definition) is 1. The SMILES string of the molecule is Cc1cccc(C(=O)N[C@H]2CCCc3ccccc32)c1. The maximum atomic E-state index is 12.4. The van der Waals surface area contributed by atoms with Crippen molar-refractivity contribution in [2.24, 2.45) is 0 Å². The molecular formula is C18H19NO. The van der Waals surface area contributed by atoms with E-state index in [1.807, 2.05) is 31.2 Å². The number of benzene rings is 2. The van der Waals surface area contributed by atoms with Crippen LogP contribution in [0.15, 0.2) is 48.5 Å². The van der Waals surface area contributed by atoms with Gasteiger partial charge in [-0.2, -0.15) is 0 Å². The number of amides is 1. The Bertz CT molecular complexity index is 633. The predicted molar refractivity (Wildman–Crippen MR) is 80.8 cm³/mol. The lowest BCUT2D eigenvalue weighted by atomic mass is 9.87. The summed E-state index contributed by atoms with van der Waals surface area (Å²) in [5.74, 6) is 0.0235. The largest absolute Gasteiger partial charge is 0.345 e. The number of fused-ring (bicyclic) bond motifs is 1. The summed E-state index contributed by atoms with van der Waals surface area (Å²) in [5, 5.41) is 3.18. The second-order valence-electron chi connectivity index (χ2n) is 5.49. The van der Waals surface area contributed by atoms with Gasteiger partial charge in [0, 0.05) is 5.56 Å². The van der Waals surface area contributed by atoms with Crippen LogP contribution in [-0.4, -0.2) is 5.91 Å². The predicted octanol–water partition coefficient (Wildman–Crippen LogP) is 3.80. The molecule has 1 atom stereocenters. The normalized spacial score (nSPS) is 17.4. The first-order chi connectivity index (χ1) is 9.74. The molecule has 0 unspecified atom stereocenters. The lowest BCUT2D eigenvalue weighted by Crippen LogP contribution is -2.30. The number of carbonyl (C=O) groups is 1. The van der Waals surface area contributed by atoms with Crippen LogP contribution in [0.4, 0.5) is 0 Å². The summed E-state index contributed by atoms with van der Waals surface area (Å²) in [6.07, 6.45) is 3.28. The molecule has 0 fully saturated rings. The van der Waals surface area contributed by atoms with Gasteiger partial charge in [-0.3, -0.25) is 4.79 Å². The van der Waals surface area contributed by atoms with Crippen LogP contribution in [0.25, 0.3) is 0 Å². The number of aryl methyl sites for hydroxylation is 2. The maximum absolute atomic E-state index is 12.4. The van der Waals surface area contributed by atoms with Gasteiger partial charge in [-0.25, -0.2) is 0 Å². The molecule has 1 N–H and O–H groups in total. The smallest absolute Gasteiger partial charge is 0.251 e. The molecule has 2 nitrogen and oxygen atoms in total. The molecule has 0 aliphatic heterocycles. The quantitative estimate of drug-likeness (QED) is 0.879. The van der Waals surface area contributed by atoms with Crippen molar-refractivity contribution < 1.29 is 4.79 Å². The summed E-state index contributed by atoms with van der Waals surface area (Å²) in [5.41, 5.74) is 4.50. The second-order valence-corrected chi connectivity index (χ2v) is 5.49. The fourth-order valence-corrected chi connectivity index (χ4v) is 2.93. The van der Waals surface area contributed by atoms with E-state index in [1.165, 1.54) is 11.1 Å². The molecular weight excluding hydrogens is 246 g/mol. The fourth-order valence-electron chi connectivity index (χ4n) is 2.93. The summed E-state index contributed by atoms with van der Waals surface area (Å²) in [7, 11) is 0. The molecule has 2 aromatic rings. The molecule has 102 valence electrons. The van der Waals surface area contributed by atoms with E-state index in [1.54, 1.807) is 0 Å². The maximum Gasteiger partial charge on any atom is 0.251 e. The average Bonchev–Trinajstić information content (AvgIpc) is 2.47. The lowest BCUT2D eigenvalue weighted by molar-refractivity contribution is 0.0932. The van der Waals surface area contributed by atoms with E-state index in [0.717, 1.165) is 30.4 Å². The molecule has 0 heterocycles. The third-order valence-electron chi connectivity index (χ3n) is 3.96. The molecule has 0 saturated carbocycles. The molecule has 1 aliphatic rings. The van der Waals surface area contributed by atoms with Gasteiger partial charge in [0.2, 0.25) is 0 Å². The van der Waals surface area contributed by atoms with Crippen LogP contribution in [0, 0.1) is 6.92 Å². The molecule has 2 heteroatoms. The zero-order valence-corrected chi connectivity index (χ0v) is 11.7. The monoisotopic (exact) mass is 265 g/mol. The highest BCUT2D eigenvalue weighted by atomic mass is 16.1. The second kappa shape index (κ2) is 5.49. The minimum atomic E-state index is 0.0235. The van der Waals surface area contributed by atoms with Crippen molar-refractivity contribution in [1.29, 1.82) is 0 Å². The summed E-state index contributed by atoms with van der Waals surface area (Å²) < 4.78 is 0. The molecule has 0 spiro atoms. The molecule has 1 aliphatic carbocycles. The van der Waals surface area contributed by atoms with Gasteiger partial charge in [-0.15, -0.1) is 0 Å². The minimum absolute atomic E-state index is 0.0235. The van der Waals surface area contributed by atoms with Gasteiger partial charge >= 0.3 is 0 Å². The van der Waals surface area contributed by atoms with Crippen molar-refractivity contribution in [3.05, 3.63) is 70.8 Å². The Labute approximate surface area is 119 Å². The van der Waals surface area contributed by atoms with E-state index in [9.17, 15) is 4.79 Å². The zero-order chi connectivity index (χ0) is 13.9. The Morgan fingerprint density at radius 1 is 1.15 bits per heavy atom. The van der Waals surface area contributed by atoms with Gasteiger partial charge < -0.3 is 5.32 Å². The van der Waals surface area contributed by atoms with Gasteiger partial charge in [-0.1, -0.05) is 42.0 Å². The average molecular weight is 265 g/mol. The Morgan fingerprint density at radius 2 is 2.00 bits per heavy atom. The van der Waals surface area contributed by atoms with E-state index >= 15 is 0 Å². The molecule has 2 aromatic carbocycles. The topological polar surface area (TPSA) is 29.1 Å². The highest BCUT2D eigenvalue weighted by Gasteiger charge is 2.21. The van der Waals surface area contributed by atoms with E-state index in [-0.39, 0.29) is 11.9 Å².